The molecule has 0 radical (unpaired) electrons. The van der Waals surface area contributed by atoms with Gasteiger partial charge in [0.2, 0.25) is 0 Å². The van der Waals surface area contributed by atoms with Crippen LogP contribution in [0.2, 0.25) is 0 Å². The molecular weight excluding hydrogens is 302 g/mol. The van der Waals surface area contributed by atoms with E-state index in [9.17, 15) is 0 Å². The number of nitrogens with zero attached hydrogens (tertiary/aromatic N) is 2. The van der Waals surface area contributed by atoms with Gasteiger partial charge in [0.15, 0.2) is 16.8 Å². The lowest BCUT2D eigenvalue weighted by molar-refractivity contribution is 0.0326. The fourth-order valence-electron chi connectivity index (χ4n) is 2.47. The average molecular weight is 327 g/mol. The first-order chi connectivity index (χ1) is 10.6. The molecule has 0 bridgehead atoms. The van der Waals surface area contributed by atoms with E-state index < -0.39 is 0 Å². The van der Waals surface area contributed by atoms with Crippen molar-refractivity contribution in [1.82, 2.24) is 9.97 Å². The van der Waals surface area contributed by atoms with Crippen molar-refractivity contribution in [2.24, 2.45) is 0 Å². The van der Waals surface area contributed by atoms with E-state index in [0.29, 0.717) is 29.1 Å². The third kappa shape index (κ3) is 4.62. The second-order valence-corrected chi connectivity index (χ2v) is 6.43. The highest BCUT2D eigenvalue weighted by Gasteiger charge is 2.26. The van der Waals surface area contributed by atoms with E-state index in [1.807, 2.05) is 0 Å². The molecule has 1 aromatic heterocycles. The van der Waals surface area contributed by atoms with Gasteiger partial charge in [0.25, 0.3) is 0 Å². The van der Waals surface area contributed by atoms with Gasteiger partial charge in [-0.3, -0.25) is 0 Å². The van der Waals surface area contributed by atoms with Gasteiger partial charge in [-0.15, -0.1) is 0 Å². The predicted octanol–water partition coefficient (Wildman–Crippen LogP) is 1.48. The summed E-state index contributed by atoms with van der Waals surface area (Å²) in [6.07, 6.45) is 4.06. The van der Waals surface area contributed by atoms with Crippen LogP contribution in [0.4, 0.5) is 17.3 Å². The number of nitrogens with one attached hydrogen (secondary N) is 1. The van der Waals surface area contributed by atoms with Crippen LogP contribution in [-0.2, 0) is 4.74 Å². The highest BCUT2D eigenvalue weighted by atomic mass is 32.2. The molecule has 0 saturated heterocycles. The second-order valence-electron chi connectivity index (χ2n) is 5.37. The van der Waals surface area contributed by atoms with E-state index in [0.717, 1.165) is 31.4 Å². The van der Waals surface area contributed by atoms with Gasteiger partial charge in [-0.1, -0.05) is 18.7 Å². The first-order valence-electron chi connectivity index (χ1n) is 7.68. The van der Waals surface area contributed by atoms with E-state index in [1.165, 1.54) is 0 Å². The normalized spacial score (nSPS) is 21.2. The molecule has 22 heavy (non-hydrogen) atoms. The SMILES string of the molecule is CCCSc1nc(N)c(N)c(N[C@H]2CC[C@@H](OCCO)C2)n1. The molecule has 1 saturated carbocycles. The molecule has 0 aliphatic heterocycles. The molecule has 0 spiro atoms. The van der Waals surface area contributed by atoms with Crippen LogP contribution in [0.25, 0.3) is 0 Å². The summed E-state index contributed by atoms with van der Waals surface area (Å²) in [5.41, 5.74) is 12.3. The summed E-state index contributed by atoms with van der Waals surface area (Å²) in [5, 5.41) is 12.8. The van der Waals surface area contributed by atoms with Gasteiger partial charge in [-0.25, -0.2) is 9.97 Å². The number of nitrogen functional groups attached to an aromatic ring is 2. The molecule has 1 heterocycles. The van der Waals surface area contributed by atoms with Crippen molar-refractivity contribution in [3.05, 3.63) is 0 Å². The minimum atomic E-state index is 0.0575. The van der Waals surface area contributed by atoms with Crippen LogP contribution in [-0.4, -0.2) is 46.2 Å². The summed E-state index contributed by atoms with van der Waals surface area (Å²) in [6.45, 7) is 2.55. The number of ether oxygens (including phenoxy) is 1. The zero-order chi connectivity index (χ0) is 15.9. The Bertz CT molecular complexity index is 489. The number of nitrogens with two attached hydrogens (primary N) is 2. The van der Waals surface area contributed by atoms with Crippen molar-refractivity contribution in [3.8, 4) is 0 Å². The van der Waals surface area contributed by atoms with Crippen LogP contribution in [0.1, 0.15) is 32.6 Å². The minimum absolute atomic E-state index is 0.0575. The van der Waals surface area contributed by atoms with Crippen LogP contribution in [0.15, 0.2) is 5.16 Å². The zero-order valence-corrected chi connectivity index (χ0v) is 13.7. The molecule has 7 nitrogen and oxygen atoms in total. The zero-order valence-electron chi connectivity index (χ0n) is 12.9. The molecule has 1 fully saturated rings. The maximum absolute atomic E-state index is 8.81. The van der Waals surface area contributed by atoms with Crippen LogP contribution < -0.4 is 16.8 Å². The van der Waals surface area contributed by atoms with Crippen molar-refractivity contribution in [1.29, 1.82) is 0 Å². The van der Waals surface area contributed by atoms with Gasteiger partial charge in [0.05, 0.1) is 19.3 Å². The molecule has 2 atom stereocenters. The third-order valence-electron chi connectivity index (χ3n) is 3.56. The van der Waals surface area contributed by atoms with Crippen LogP contribution in [0.5, 0.6) is 0 Å². The number of rotatable bonds is 8. The summed E-state index contributed by atoms with van der Waals surface area (Å²) in [7, 11) is 0. The van der Waals surface area contributed by atoms with Crippen LogP contribution >= 0.6 is 11.8 Å². The smallest absolute Gasteiger partial charge is 0.191 e. The highest BCUT2D eigenvalue weighted by molar-refractivity contribution is 7.99. The molecular formula is C14H25N5O2S. The number of hydrogen-bond donors (Lipinski definition) is 4. The number of hydrogen-bond acceptors (Lipinski definition) is 8. The van der Waals surface area contributed by atoms with Crippen molar-refractivity contribution in [3.63, 3.8) is 0 Å². The predicted molar refractivity (Wildman–Crippen MR) is 90.0 cm³/mol. The molecule has 0 aromatic carbocycles. The van der Waals surface area contributed by atoms with Crippen molar-refractivity contribution >= 4 is 29.1 Å². The highest BCUT2D eigenvalue weighted by Crippen LogP contribution is 2.30. The fourth-order valence-corrected chi connectivity index (χ4v) is 3.17. The van der Waals surface area contributed by atoms with Gasteiger partial charge in [-0.2, -0.15) is 0 Å². The van der Waals surface area contributed by atoms with Crippen molar-refractivity contribution in [2.75, 3.05) is 35.8 Å². The monoisotopic (exact) mass is 327 g/mol. The Hall–Kier alpha value is -1.25. The van der Waals surface area contributed by atoms with E-state index in [-0.39, 0.29) is 18.8 Å². The topological polar surface area (TPSA) is 119 Å². The summed E-state index contributed by atoms with van der Waals surface area (Å²) in [4.78, 5) is 8.69. The van der Waals surface area contributed by atoms with Crippen molar-refractivity contribution < 1.29 is 9.84 Å². The van der Waals surface area contributed by atoms with Gasteiger partial charge in [-0.05, 0) is 25.7 Å². The number of aliphatic hydroxyl groups excluding tert-OH is 1. The van der Waals surface area contributed by atoms with Crippen LogP contribution in [0.3, 0.4) is 0 Å². The number of aliphatic hydroxyl groups is 1. The lowest BCUT2D eigenvalue weighted by Gasteiger charge is -2.17. The van der Waals surface area contributed by atoms with Gasteiger partial charge in [0, 0.05) is 11.8 Å². The first-order valence-corrected chi connectivity index (χ1v) is 8.67. The van der Waals surface area contributed by atoms with Crippen LogP contribution in [0, 0.1) is 0 Å². The molecule has 2 rings (SSSR count). The van der Waals surface area contributed by atoms with E-state index in [1.54, 1.807) is 11.8 Å². The molecule has 1 aliphatic carbocycles. The third-order valence-corrected chi connectivity index (χ3v) is 4.61. The molecule has 8 heteroatoms. The molecule has 124 valence electrons. The van der Waals surface area contributed by atoms with E-state index in [4.69, 9.17) is 21.3 Å². The van der Waals surface area contributed by atoms with E-state index >= 15 is 0 Å². The van der Waals surface area contributed by atoms with Gasteiger partial charge < -0.3 is 26.6 Å². The van der Waals surface area contributed by atoms with Crippen molar-refractivity contribution in [2.45, 2.75) is 49.9 Å². The lowest BCUT2D eigenvalue weighted by atomic mass is 10.2. The molecule has 0 unspecified atom stereocenters. The summed E-state index contributed by atoms with van der Waals surface area (Å²) in [5.74, 6) is 1.88. The lowest BCUT2D eigenvalue weighted by Crippen LogP contribution is -2.21. The second kappa shape index (κ2) is 8.40. The maximum atomic E-state index is 8.81. The Morgan fingerprint density at radius 3 is 2.91 bits per heavy atom. The Kier molecular flexibility index (Phi) is 6.53. The van der Waals surface area contributed by atoms with Gasteiger partial charge >= 0.3 is 0 Å². The molecule has 6 N–H and O–H groups in total. The quantitative estimate of drug-likeness (QED) is 0.419. The van der Waals surface area contributed by atoms with E-state index in [2.05, 4.69) is 22.2 Å². The number of aromatic nitrogens is 2. The molecule has 0 amide bonds. The fraction of sp³-hybridized carbons (Fsp3) is 0.714. The molecule has 1 aliphatic rings. The molecule has 1 aromatic rings. The first kappa shape index (κ1) is 17.1. The number of anilines is 3. The van der Waals surface area contributed by atoms with Gasteiger partial charge in [0.1, 0.15) is 5.69 Å². The summed E-state index contributed by atoms with van der Waals surface area (Å²) < 4.78 is 5.57. The maximum Gasteiger partial charge on any atom is 0.191 e. The standard InChI is InChI=1S/C14H25N5O2S/c1-2-7-22-14-18-12(16)11(15)13(19-14)17-9-3-4-10(8-9)21-6-5-20/h9-10,20H,2-8,15H2,1H3,(H3,16,17,18,19)/t9-,10+/m0/s1. The minimum Gasteiger partial charge on any atom is -0.394 e. The summed E-state index contributed by atoms with van der Waals surface area (Å²) >= 11 is 1.58. The average Bonchev–Trinajstić information content (AvgIpc) is 2.95. The Labute approximate surface area is 135 Å². The number of thioether (sulfide) groups is 1. The summed E-state index contributed by atoms with van der Waals surface area (Å²) in [6, 6.07) is 0.254. The Balaban J connectivity index is 1.98. The largest absolute Gasteiger partial charge is 0.394 e. The Morgan fingerprint density at radius 2 is 2.18 bits per heavy atom. The Morgan fingerprint density at radius 1 is 1.36 bits per heavy atom.